The maximum atomic E-state index is 6.29. The third-order valence-electron chi connectivity index (χ3n) is 6.07. The van der Waals surface area contributed by atoms with Crippen molar-refractivity contribution in [1.29, 1.82) is 0 Å². The minimum Gasteiger partial charge on any atom is -0.323 e. The van der Waals surface area contributed by atoms with Crippen LogP contribution in [0.1, 0.15) is 42.4 Å². The number of pyridine rings is 1. The molecule has 170 valence electrons. The van der Waals surface area contributed by atoms with Crippen molar-refractivity contribution in [3.05, 3.63) is 89.5 Å². The predicted octanol–water partition coefficient (Wildman–Crippen LogP) is 6.58. The normalized spacial score (nSPS) is 14.5. The van der Waals surface area contributed by atoms with Gasteiger partial charge in [-0.1, -0.05) is 53.7 Å². The van der Waals surface area contributed by atoms with Crippen molar-refractivity contribution in [3.8, 4) is 11.4 Å². The molecule has 1 fully saturated rings. The molecule has 0 radical (unpaired) electrons. The second kappa shape index (κ2) is 8.89. The Morgan fingerprint density at radius 1 is 1.06 bits per heavy atom. The van der Waals surface area contributed by atoms with Gasteiger partial charge in [-0.25, -0.2) is 4.98 Å². The van der Waals surface area contributed by atoms with Crippen LogP contribution in [0, 0.1) is 0 Å². The fourth-order valence-corrected chi connectivity index (χ4v) is 5.49. The number of benzene rings is 2. The van der Waals surface area contributed by atoms with Crippen LogP contribution in [0.3, 0.4) is 0 Å². The molecule has 3 aromatic heterocycles. The van der Waals surface area contributed by atoms with Crippen molar-refractivity contribution in [2.45, 2.75) is 42.8 Å². The van der Waals surface area contributed by atoms with E-state index in [-0.39, 0.29) is 5.25 Å². The zero-order valence-corrected chi connectivity index (χ0v) is 20.2. The second-order valence-corrected chi connectivity index (χ2v) is 10.3. The minimum atomic E-state index is 0.0679. The van der Waals surface area contributed by atoms with Crippen LogP contribution < -0.4 is 0 Å². The summed E-state index contributed by atoms with van der Waals surface area (Å²) in [6.45, 7) is 2.93. The van der Waals surface area contributed by atoms with Crippen LogP contribution in [0.25, 0.3) is 22.4 Å². The molecule has 0 amide bonds. The van der Waals surface area contributed by atoms with Gasteiger partial charge in [-0.2, -0.15) is 0 Å². The van der Waals surface area contributed by atoms with Crippen molar-refractivity contribution < 1.29 is 0 Å². The Balaban J connectivity index is 1.38. The summed E-state index contributed by atoms with van der Waals surface area (Å²) in [4.78, 5) is 9.28. The first-order valence-electron chi connectivity index (χ1n) is 11.4. The molecule has 8 heteroatoms. The van der Waals surface area contributed by atoms with Crippen LogP contribution in [0.4, 0.5) is 0 Å². The van der Waals surface area contributed by atoms with E-state index in [1.54, 1.807) is 18.0 Å². The number of nitrogens with zero attached hydrogens (tertiary/aromatic N) is 6. The quantitative estimate of drug-likeness (QED) is 0.243. The Hall–Kier alpha value is -3.16. The molecule has 1 saturated carbocycles. The third-order valence-corrected chi connectivity index (χ3v) is 7.35. The van der Waals surface area contributed by atoms with Gasteiger partial charge in [0.1, 0.15) is 5.82 Å². The van der Waals surface area contributed by atoms with Crippen molar-refractivity contribution in [2.75, 3.05) is 0 Å². The summed E-state index contributed by atoms with van der Waals surface area (Å²) in [5.74, 6) is 1.88. The van der Waals surface area contributed by atoms with Crippen LogP contribution in [0.5, 0.6) is 0 Å². The summed E-state index contributed by atoms with van der Waals surface area (Å²) in [6, 6.07) is 20.8. The molecule has 0 bridgehead atoms. The molecule has 34 heavy (non-hydrogen) atoms. The van der Waals surface area contributed by atoms with Gasteiger partial charge in [-0.05, 0) is 55.7 Å². The van der Waals surface area contributed by atoms with E-state index in [4.69, 9.17) is 16.6 Å². The Morgan fingerprint density at radius 2 is 1.91 bits per heavy atom. The van der Waals surface area contributed by atoms with Crippen LogP contribution in [0.2, 0.25) is 5.02 Å². The number of rotatable bonds is 7. The lowest BCUT2D eigenvalue weighted by Crippen LogP contribution is -2.08. The molecule has 6 rings (SSSR count). The first-order chi connectivity index (χ1) is 16.7. The fraction of sp³-hybridized carbons (Fsp3) is 0.231. The maximum Gasteiger partial charge on any atom is 0.192 e. The molecule has 0 N–H and O–H groups in total. The highest BCUT2D eigenvalue weighted by Crippen LogP contribution is 2.44. The zero-order valence-electron chi connectivity index (χ0n) is 18.7. The number of fused-ring (bicyclic) bond motifs is 1. The standard InChI is InChI=1S/C26H23ClN6S/c1-17(34-26-31-30-25(33(26)21-10-11-21)19-8-5-13-28-15-19)24-29-22-14-20(27)9-12-23(22)32(24)16-18-6-3-2-4-7-18/h2-9,12-15,17,21H,10-11,16H2,1H3. The molecule has 2 aromatic carbocycles. The van der Waals surface area contributed by atoms with Gasteiger partial charge in [0, 0.05) is 35.6 Å². The van der Waals surface area contributed by atoms with Gasteiger partial charge in [0.25, 0.3) is 0 Å². The highest BCUT2D eigenvalue weighted by Gasteiger charge is 2.31. The molecule has 0 aliphatic heterocycles. The maximum absolute atomic E-state index is 6.29. The van der Waals surface area contributed by atoms with Crippen molar-refractivity contribution in [2.24, 2.45) is 0 Å². The topological polar surface area (TPSA) is 61.4 Å². The highest BCUT2D eigenvalue weighted by molar-refractivity contribution is 7.99. The van der Waals surface area contributed by atoms with E-state index in [1.165, 1.54) is 5.56 Å². The minimum absolute atomic E-state index is 0.0679. The number of halogens is 1. The highest BCUT2D eigenvalue weighted by atomic mass is 35.5. The van der Waals surface area contributed by atoms with E-state index in [2.05, 4.69) is 61.6 Å². The Kier molecular flexibility index (Phi) is 5.59. The van der Waals surface area contributed by atoms with Crippen LogP contribution in [0.15, 0.2) is 78.2 Å². The number of aromatic nitrogens is 6. The van der Waals surface area contributed by atoms with Gasteiger partial charge in [0.2, 0.25) is 0 Å². The molecule has 6 nitrogen and oxygen atoms in total. The van der Waals surface area contributed by atoms with Crippen LogP contribution in [-0.4, -0.2) is 29.3 Å². The molecule has 5 aromatic rings. The second-order valence-electron chi connectivity index (χ2n) is 8.58. The average Bonchev–Trinajstić information content (AvgIpc) is 3.52. The first kappa shape index (κ1) is 21.4. The summed E-state index contributed by atoms with van der Waals surface area (Å²) in [6.07, 6.45) is 5.93. The monoisotopic (exact) mass is 486 g/mol. The van der Waals surface area contributed by atoms with E-state index in [1.807, 2.05) is 36.5 Å². The smallest absolute Gasteiger partial charge is 0.192 e. The van der Waals surface area contributed by atoms with Gasteiger partial charge in [-0.3, -0.25) is 9.55 Å². The molecule has 1 unspecified atom stereocenters. The number of thioether (sulfide) groups is 1. The number of hydrogen-bond donors (Lipinski definition) is 0. The molecule has 1 atom stereocenters. The summed E-state index contributed by atoms with van der Waals surface area (Å²) in [5, 5.41) is 10.8. The molecule has 0 spiro atoms. The molecular formula is C26H23ClN6S. The molecule has 3 heterocycles. The molecule has 1 aliphatic carbocycles. The largest absolute Gasteiger partial charge is 0.323 e. The number of imidazole rings is 1. The summed E-state index contributed by atoms with van der Waals surface area (Å²) >= 11 is 8.00. The van der Waals surface area contributed by atoms with Crippen molar-refractivity contribution in [3.63, 3.8) is 0 Å². The van der Waals surface area contributed by atoms with Crippen molar-refractivity contribution >= 4 is 34.4 Å². The fourth-order valence-electron chi connectivity index (χ4n) is 4.29. The van der Waals surface area contributed by atoms with E-state index >= 15 is 0 Å². The zero-order chi connectivity index (χ0) is 23.1. The van der Waals surface area contributed by atoms with Gasteiger partial charge in [0.05, 0.1) is 16.3 Å². The predicted molar refractivity (Wildman–Crippen MR) is 136 cm³/mol. The Bertz CT molecular complexity index is 1440. The third kappa shape index (κ3) is 4.10. The van der Waals surface area contributed by atoms with Crippen LogP contribution in [-0.2, 0) is 6.54 Å². The Morgan fingerprint density at radius 3 is 2.68 bits per heavy atom. The van der Waals surface area contributed by atoms with E-state index < -0.39 is 0 Å². The summed E-state index contributed by atoms with van der Waals surface area (Å²) < 4.78 is 4.57. The van der Waals surface area contributed by atoms with Gasteiger partial charge in [-0.15, -0.1) is 10.2 Å². The first-order valence-corrected chi connectivity index (χ1v) is 12.6. The van der Waals surface area contributed by atoms with Gasteiger partial charge < -0.3 is 4.57 Å². The van der Waals surface area contributed by atoms with Crippen molar-refractivity contribution in [1.82, 2.24) is 29.3 Å². The lowest BCUT2D eigenvalue weighted by molar-refractivity contribution is 0.665. The van der Waals surface area contributed by atoms with E-state index in [0.29, 0.717) is 11.1 Å². The van der Waals surface area contributed by atoms with Gasteiger partial charge >= 0.3 is 0 Å². The summed E-state index contributed by atoms with van der Waals surface area (Å²) in [5.41, 5.74) is 4.21. The lowest BCUT2D eigenvalue weighted by Gasteiger charge is -2.15. The summed E-state index contributed by atoms with van der Waals surface area (Å²) in [7, 11) is 0. The van der Waals surface area contributed by atoms with Crippen LogP contribution >= 0.6 is 23.4 Å². The van der Waals surface area contributed by atoms with E-state index in [9.17, 15) is 0 Å². The van der Waals surface area contributed by atoms with E-state index in [0.717, 1.165) is 52.8 Å². The molecule has 0 saturated heterocycles. The SMILES string of the molecule is CC(Sc1nnc(-c2cccnc2)n1C1CC1)c1nc2cc(Cl)ccc2n1Cc1ccccc1. The van der Waals surface area contributed by atoms with Gasteiger partial charge in [0.15, 0.2) is 11.0 Å². The number of hydrogen-bond acceptors (Lipinski definition) is 5. The average molecular weight is 487 g/mol. The molecular weight excluding hydrogens is 464 g/mol. The molecule has 1 aliphatic rings. The Labute approximate surface area is 207 Å². The lowest BCUT2D eigenvalue weighted by atomic mass is 10.2.